The summed E-state index contributed by atoms with van der Waals surface area (Å²) in [6, 6.07) is 9.28. The molecule has 150 valence electrons. The zero-order valence-electron chi connectivity index (χ0n) is 15.6. The van der Waals surface area contributed by atoms with Crippen LogP contribution in [0, 0.1) is 0 Å². The second kappa shape index (κ2) is 10.0. The van der Waals surface area contributed by atoms with Crippen molar-refractivity contribution in [3.05, 3.63) is 57.0 Å². The van der Waals surface area contributed by atoms with E-state index in [2.05, 4.69) is 5.32 Å². The van der Waals surface area contributed by atoms with Crippen LogP contribution in [-0.4, -0.2) is 24.1 Å². The first-order valence-electron chi connectivity index (χ1n) is 8.64. The Labute approximate surface area is 178 Å². The number of ether oxygens (including phenoxy) is 2. The summed E-state index contributed by atoms with van der Waals surface area (Å²) in [6.07, 6.45) is -0.208. The van der Waals surface area contributed by atoms with Crippen LogP contribution in [0.5, 0.6) is 5.75 Å². The van der Waals surface area contributed by atoms with E-state index in [0.717, 1.165) is 6.42 Å². The lowest BCUT2D eigenvalue weighted by Gasteiger charge is -2.17. The van der Waals surface area contributed by atoms with Crippen molar-refractivity contribution in [1.29, 1.82) is 0 Å². The topological polar surface area (TPSA) is 64.6 Å². The molecule has 0 aliphatic rings. The minimum Gasteiger partial charge on any atom is -0.479 e. The molecule has 0 bridgehead atoms. The summed E-state index contributed by atoms with van der Waals surface area (Å²) in [5.41, 5.74) is 0.642. The maximum absolute atomic E-state index is 12.4. The standard InChI is InChI=1S/C20H20Cl3NO4/c1-4-11(2)27-20(26)12(3)28-15-7-5-13(6-8-15)19(25)24-18-16(22)9-14(21)10-17(18)23/h5-12H,4H2,1-3H3,(H,24,25). The summed E-state index contributed by atoms with van der Waals surface area (Å²) in [5.74, 6) is -0.405. The first-order valence-corrected chi connectivity index (χ1v) is 9.77. The highest BCUT2D eigenvalue weighted by Crippen LogP contribution is 2.34. The van der Waals surface area contributed by atoms with Gasteiger partial charge in [-0.2, -0.15) is 0 Å². The van der Waals surface area contributed by atoms with Gasteiger partial charge in [0.25, 0.3) is 5.91 Å². The predicted octanol–water partition coefficient (Wildman–Crippen LogP) is 6.01. The van der Waals surface area contributed by atoms with Gasteiger partial charge in [-0.25, -0.2) is 4.79 Å². The molecule has 2 aromatic carbocycles. The van der Waals surface area contributed by atoms with Crippen molar-refractivity contribution in [2.24, 2.45) is 0 Å². The van der Waals surface area contributed by atoms with E-state index in [9.17, 15) is 9.59 Å². The highest BCUT2D eigenvalue weighted by Gasteiger charge is 2.19. The summed E-state index contributed by atoms with van der Waals surface area (Å²) < 4.78 is 10.8. The fourth-order valence-corrected chi connectivity index (χ4v) is 3.07. The van der Waals surface area contributed by atoms with E-state index in [4.69, 9.17) is 44.3 Å². The summed E-state index contributed by atoms with van der Waals surface area (Å²) in [7, 11) is 0. The molecule has 0 spiro atoms. The number of rotatable bonds is 7. The van der Waals surface area contributed by atoms with Gasteiger partial charge in [-0.3, -0.25) is 4.79 Å². The molecule has 0 saturated carbocycles. The average molecular weight is 445 g/mol. The van der Waals surface area contributed by atoms with Gasteiger partial charge < -0.3 is 14.8 Å². The highest BCUT2D eigenvalue weighted by atomic mass is 35.5. The molecule has 2 unspecified atom stereocenters. The monoisotopic (exact) mass is 443 g/mol. The first-order chi connectivity index (χ1) is 13.2. The summed E-state index contributed by atoms with van der Waals surface area (Å²) in [4.78, 5) is 24.4. The van der Waals surface area contributed by atoms with Gasteiger partial charge in [0.1, 0.15) is 5.75 Å². The van der Waals surface area contributed by atoms with Crippen molar-refractivity contribution >= 4 is 52.4 Å². The van der Waals surface area contributed by atoms with E-state index in [1.165, 1.54) is 12.1 Å². The average Bonchev–Trinajstić information content (AvgIpc) is 2.64. The molecule has 2 aromatic rings. The normalized spacial score (nSPS) is 12.8. The number of amides is 1. The van der Waals surface area contributed by atoms with Crippen LogP contribution in [0.2, 0.25) is 15.1 Å². The third-order valence-corrected chi connectivity index (χ3v) is 4.71. The zero-order valence-corrected chi connectivity index (χ0v) is 17.9. The predicted molar refractivity (Wildman–Crippen MR) is 112 cm³/mol. The quantitative estimate of drug-likeness (QED) is 0.531. The molecule has 8 heteroatoms. The lowest BCUT2D eigenvalue weighted by atomic mass is 10.2. The van der Waals surface area contributed by atoms with E-state index in [-0.39, 0.29) is 21.8 Å². The Hall–Kier alpha value is -1.95. The fraction of sp³-hybridized carbons (Fsp3) is 0.300. The molecule has 0 aliphatic heterocycles. The number of nitrogens with one attached hydrogen (secondary N) is 1. The molecular weight excluding hydrogens is 425 g/mol. The lowest BCUT2D eigenvalue weighted by Crippen LogP contribution is -2.29. The Kier molecular flexibility index (Phi) is 7.98. The summed E-state index contributed by atoms with van der Waals surface area (Å²) in [5, 5.41) is 3.49. The van der Waals surface area contributed by atoms with Crippen LogP contribution in [0.4, 0.5) is 5.69 Å². The molecule has 1 N–H and O–H groups in total. The van der Waals surface area contributed by atoms with Gasteiger partial charge in [-0.05, 0) is 56.7 Å². The number of esters is 1. The molecule has 0 saturated heterocycles. The van der Waals surface area contributed by atoms with Gasteiger partial charge in [0.2, 0.25) is 0 Å². The Morgan fingerprint density at radius 1 is 1.04 bits per heavy atom. The molecule has 0 aromatic heterocycles. The van der Waals surface area contributed by atoms with Crippen LogP contribution in [-0.2, 0) is 9.53 Å². The molecule has 28 heavy (non-hydrogen) atoms. The zero-order chi connectivity index (χ0) is 20.8. The molecule has 0 fully saturated rings. The van der Waals surface area contributed by atoms with Gasteiger partial charge in [-0.1, -0.05) is 41.7 Å². The van der Waals surface area contributed by atoms with E-state index in [1.807, 2.05) is 13.8 Å². The molecule has 0 radical (unpaired) electrons. The first kappa shape index (κ1) is 22.3. The van der Waals surface area contributed by atoms with Crippen molar-refractivity contribution < 1.29 is 19.1 Å². The van der Waals surface area contributed by atoms with Crippen LogP contribution in [0.3, 0.4) is 0 Å². The van der Waals surface area contributed by atoms with Crippen molar-refractivity contribution in [2.45, 2.75) is 39.4 Å². The molecule has 0 aliphatic carbocycles. The molecule has 0 heterocycles. The number of carbonyl (C=O) groups is 2. The third kappa shape index (κ3) is 6.03. The largest absolute Gasteiger partial charge is 0.479 e. The van der Waals surface area contributed by atoms with Crippen molar-refractivity contribution in [2.75, 3.05) is 5.32 Å². The summed E-state index contributed by atoms with van der Waals surface area (Å²) in [6.45, 7) is 5.35. The Morgan fingerprint density at radius 2 is 1.61 bits per heavy atom. The molecular formula is C20H20Cl3NO4. The van der Waals surface area contributed by atoms with Crippen molar-refractivity contribution in [3.63, 3.8) is 0 Å². The number of hydrogen-bond acceptors (Lipinski definition) is 4. The number of anilines is 1. The van der Waals surface area contributed by atoms with Crippen molar-refractivity contribution in [3.8, 4) is 5.75 Å². The molecule has 2 atom stereocenters. The minimum atomic E-state index is -0.764. The van der Waals surface area contributed by atoms with Gasteiger partial charge in [-0.15, -0.1) is 0 Å². The van der Waals surface area contributed by atoms with Crippen LogP contribution in [0.1, 0.15) is 37.6 Å². The fourth-order valence-electron chi connectivity index (χ4n) is 2.16. The summed E-state index contributed by atoms with van der Waals surface area (Å²) >= 11 is 18.0. The van der Waals surface area contributed by atoms with Crippen LogP contribution >= 0.6 is 34.8 Å². The molecule has 5 nitrogen and oxygen atoms in total. The van der Waals surface area contributed by atoms with Gasteiger partial charge >= 0.3 is 5.97 Å². The second-order valence-electron chi connectivity index (χ2n) is 6.14. The number of halogens is 3. The maximum atomic E-state index is 12.4. The molecule has 1 amide bonds. The SMILES string of the molecule is CCC(C)OC(=O)C(C)Oc1ccc(C(=O)Nc2c(Cl)cc(Cl)cc2Cl)cc1. The van der Waals surface area contributed by atoms with E-state index in [1.54, 1.807) is 31.2 Å². The van der Waals surface area contributed by atoms with Crippen LogP contribution in [0.25, 0.3) is 0 Å². The maximum Gasteiger partial charge on any atom is 0.347 e. The second-order valence-corrected chi connectivity index (χ2v) is 7.39. The number of carbonyl (C=O) groups excluding carboxylic acids is 2. The van der Waals surface area contributed by atoms with Gasteiger partial charge in [0.15, 0.2) is 6.10 Å². The van der Waals surface area contributed by atoms with Crippen LogP contribution < -0.4 is 10.1 Å². The van der Waals surface area contributed by atoms with Crippen LogP contribution in [0.15, 0.2) is 36.4 Å². The van der Waals surface area contributed by atoms with Gasteiger partial charge in [0, 0.05) is 10.6 Å². The van der Waals surface area contributed by atoms with E-state index in [0.29, 0.717) is 16.3 Å². The third-order valence-electron chi connectivity index (χ3n) is 3.90. The van der Waals surface area contributed by atoms with Gasteiger partial charge in [0.05, 0.1) is 21.8 Å². The van der Waals surface area contributed by atoms with E-state index < -0.39 is 18.0 Å². The van der Waals surface area contributed by atoms with E-state index >= 15 is 0 Å². The Bertz CT molecular complexity index is 832. The Morgan fingerprint density at radius 3 is 2.14 bits per heavy atom. The highest BCUT2D eigenvalue weighted by molar-refractivity contribution is 6.42. The molecule has 2 rings (SSSR count). The number of benzene rings is 2. The smallest absolute Gasteiger partial charge is 0.347 e. The number of hydrogen-bond donors (Lipinski definition) is 1. The minimum absolute atomic E-state index is 0.170. The Balaban J connectivity index is 2.02. The lowest BCUT2D eigenvalue weighted by molar-refractivity contribution is -0.155. The van der Waals surface area contributed by atoms with Crippen molar-refractivity contribution in [1.82, 2.24) is 0 Å².